The third-order valence-corrected chi connectivity index (χ3v) is 5.12. The van der Waals surface area contributed by atoms with Crippen LogP contribution >= 0.6 is 23.4 Å². The molecule has 0 bridgehead atoms. The van der Waals surface area contributed by atoms with Crippen LogP contribution in [0.15, 0.2) is 67.0 Å². The highest BCUT2D eigenvalue weighted by Crippen LogP contribution is 2.20. The zero-order chi connectivity index (χ0) is 19.1. The van der Waals surface area contributed by atoms with E-state index in [-0.39, 0.29) is 17.5 Å². The highest BCUT2D eigenvalue weighted by molar-refractivity contribution is 7.99. The summed E-state index contributed by atoms with van der Waals surface area (Å²) in [5, 5.41) is 3.23. The lowest BCUT2D eigenvalue weighted by Gasteiger charge is -2.07. The Morgan fingerprint density at radius 1 is 1.04 bits per heavy atom. The number of aromatic nitrogens is 1. The predicted octanol–water partition coefficient (Wildman–Crippen LogP) is 5.34. The monoisotopic (exact) mass is 400 g/mol. The van der Waals surface area contributed by atoms with Crippen molar-refractivity contribution in [2.75, 3.05) is 11.1 Å². The van der Waals surface area contributed by atoms with Crippen LogP contribution in [0.4, 0.5) is 10.1 Å². The van der Waals surface area contributed by atoms with Gasteiger partial charge in [-0.15, -0.1) is 11.8 Å². The van der Waals surface area contributed by atoms with E-state index in [1.165, 1.54) is 23.4 Å². The summed E-state index contributed by atoms with van der Waals surface area (Å²) < 4.78 is 13.7. The van der Waals surface area contributed by atoms with Gasteiger partial charge in [-0.05, 0) is 59.5 Å². The van der Waals surface area contributed by atoms with Crippen LogP contribution < -0.4 is 5.32 Å². The summed E-state index contributed by atoms with van der Waals surface area (Å²) in [5.41, 5.74) is 3.63. The summed E-state index contributed by atoms with van der Waals surface area (Å²) in [6.45, 7) is 0. The van der Waals surface area contributed by atoms with Crippen molar-refractivity contribution in [2.24, 2.45) is 0 Å². The van der Waals surface area contributed by atoms with Crippen LogP contribution in [0.1, 0.15) is 16.7 Å². The average Bonchev–Trinajstić information content (AvgIpc) is 2.66. The Labute approximate surface area is 167 Å². The number of rotatable bonds is 7. The second kappa shape index (κ2) is 9.53. The number of benzene rings is 2. The molecule has 1 N–H and O–H groups in total. The van der Waals surface area contributed by atoms with Crippen LogP contribution in [0, 0.1) is 5.82 Å². The van der Waals surface area contributed by atoms with Gasteiger partial charge in [-0.3, -0.25) is 9.78 Å². The van der Waals surface area contributed by atoms with Crippen LogP contribution in [0.3, 0.4) is 0 Å². The molecule has 1 heterocycles. The molecular weight excluding hydrogens is 383 g/mol. The van der Waals surface area contributed by atoms with Crippen LogP contribution in [0.25, 0.3) is 0 Å². The fourth-order valence-corrected chi connectivity index (χ4v) is 3.50. The molecule has 1 amide bonds. The molecule has 3 rings (SSSR count). The third kappa shape index (κ3) is 6.08. The van der Waals surface area contributed by atoms with Gasteiger partial charge < -0.3 is 5.32 Å². The number of amides is 1. The van der Waals surface area contributed by atoms with Crippen LogP contribution in [0.5, 0.6) is 0 Å². The van der Waals surface area contributed by atoms with Crippen LogP contribution in [-0.4, -0.2) is 16.6 Å². The number of hydrogen-bond donors (Lipinski definition) is 1. The van der Waals surface area contributed by atoms with E-state index >= 15 is 0 Å². The van der Waals surface area contributed by atoms with Gasteiger partial charge in [0.05, 0.1) is 5.75 Å². The number of carbonyl (C=O) groups excluding carboxylic acids is 1. The lowest BCUT2D eigenvalue weighted by atomic mass is 10.1. The molecule has 0 saturated carbocycles. The molecule has 6 heteroatoms. The van der Waals surface area contributed by atoms with Gasteiger partial charge in [0.1, 0.15) is 5.82 Å². The van der Waals surface area contributed by atoms with Crippen LogP contribution in [-0.2, 0) is 17.0 Å². The molecule has 0 atom stereocenters. The van der Waals surface area contributed by atoms with Gasteiger partial charge in [-0.1, -0.05) is 29.8 Å². The molecule has 1 aromatic heterocycles. The van der Waals surface area contributed by atoms with Gasteiger partial charge in [-0.2, -0.15) is 0 Å². The molecule has 0 spiro atoms. The van der Waals surface area contributed by atoms with Gasteiger partial charge in [-0.25, -0.2) is 4.39 Å². The van der Waals surface area contributed by atoms with Gasteiger partial charge in [0.2, 0.25) is 5.91 Å². The lowest BCUT2D eigenvalue weighted by molar-refractivity contribution is -0.113. The zero-order valence-electron chi connectivity index (χ0n) is 14.5. The molecule has 0 aliphatic rings. The van der Waals surface area contributed by atoms with Crippen molar-refractivity contribution in [3.05, 3.63) is 94.5 Å². The molecule has 0 radical (unpaired) electrons. The number of carbonyl (C=O) groups is 1. The van der Waals surface area contributed by atoms with E-state index in [0.29, 0.717) is 16.3 Å². The van der Waals surface area contributed by atoms with Crippen molar-refractivity contribution in [3.63, 3.8) is 0 Å². The van der Waals surface area contributed by atoms with Gasteiger partial charge >= 0.3 is 0 Å². The summed E-state index contributed by atoms with van der Waals surface area (Å²) >= 11 is 7.09. The Hall–Kier alpha value is -2.37. The SMILES string of the molecule is O=C(CSCc1ccc(Cl)cc1F)Nc1ccc(Cc2ccncc2)cc1. The van der Waals surface area contributed by atoms with E-state index in [1.54, 1.807) is 24.5 Å². The summed E-state index contributed by atoms with van der Waals surface area (Å²) in [7, 11) is 0. The molecule has 3 aromatic rings. The molecule has 0 aliphatic heterocycles. The Morgan fingerprint density at radius 2 is 1.74 bits per heavy atom. The maximum Gasteiger partial charge on any atom is 0.234 e. The molecule has 0 saturated heterocycles. The Bertz CT molecular complexity index is 904. The average molecular weight is 401 g/mol. The topological polar surface area (TPSA) is 42.0 Å². The van der Waals surface area contributed by atoms with Crippen molar-refractivity contribution in [1.29, 1.82) is 0 Å². The highest BCUT2D eigenvalue weighted by Gasteiger charge is 2.07. The van der Waals surface area contributed by atoms with E-state index < -0.39 is 0 Å². The van der Waals surface area contributed by atoms with Crippen LogP contribution in [0.2, 0.25) is 5.02 Å². The molecular formula is C21H18ClFN2OS. The fourth-order valence-electron chi connectivity index (χ4n) is 2.53. The first-order chi connectivity index (χ1) is 13.1. The highest BCUT2D eigenvalue weighted by atomic mass is 35.5. The second-order valence-corrected chi connectivity index (χ2v) is 7.43. The number of nitrogens with one attached hydrogen (secondary N) is 1. The molecule has 3 nitrogen and oxygen atoms in total. The van der Waals surface area contributed by atoms with Crippen molar-refractivity contribution in [1.82, 2.24) is 4.98 Å². The first-order valence-electron chi connectivity index (χ1n) is 8.39. The van der Waals surface area contributed by atoms with Gasteiger partial charge in [0.25, 0.3) is 0 Å². The van der Waals surface area contributed by atoms with Crippen molar-refractivity contribution in [3.8, 4) is 0 Å². The van der Waals surface area contributed by atoms with Crippen molar-refractivity contribution < 1.29 is 9.18 Å². The lowest BCUT2D eigenvalue weighted by Crippen LogP contribution is -2.14. The van der Waals surface area contributed by atoms with Gasteiger partial charge in [0.15, 0.2) is 0 Å². The normalized spacial score (nSPS) is 10.6. The van der Waals surface area contributed by atoms with Crippen molar-refractivity contribution >= 4 is 35.0 Å². The quantitative estimate of drug-likeness (QED) is 0.582. The predicted molar refractivity (Wildman–Crippen MR) is 110 cm³/mol. The van der Waals surface area contributed by atoms with E-state index in [9.17, 15) is 9.18 Å². The van der Waals surface area contributed by atoms with E-state index in [2.05, 4.69) is 10.3 Å². The number of thioether (sulfide) groups is 1. The van der Waals surface area contributed by atoms with Crippen molar-refractivity contribution in [2.45, 2.75) is 12.2 Å². The summed E-state index contributed by atoms with van der Waals surface area (Å²) in [6, 6.07) is 16.3. The number of halogens is 2. The summed E-state index contributed by atoms with van der Waals surface area (Å²) in [6.07, 6.45) is 4.37. The zero-order valence-corrected chi connectivity index (χ0v) is 16.1. The minimum atomic E-state index is -0.347. The largest absolute Gasteiger partial charge is 0.325 e. The maximum atomic E-state index is 13.7. The Balaban J connectivity index is 1.46. The minimum absolute atomic E-state index is 0.115. The molecule has 0 unspecified atom stereocenters. The number of nitrogens with zero attached hydrogens (tertiary/aromatic N) is 1. The number of hydrogen-bond acceptors (Lipinski definition) is 3. The number of anilines is 1. The Kier molecular flexibility index (Phi) is 6.85. The van der Waals surface area contributed by atoms with Gasteiger partial charge in [0, 0.05) is 28.9 Å². The summed E-state index contributed by atoms with van der Waals surface area (Å²) in [4.78, 5) is 16.1. The minimum Gasteiger partial charge on any atom is -0.325 e. The first kappa shape index (κ1) is 19.4. The van der Waals surface area contributed by atoms with E-state index in [4.69, 9.17) is 11.6 Å². The fraction of sp³-hybridized carbons (Fsp3) is 0.143. The molecule has 0 fully saturated rings. The Morgan fingerprint density at radius 3 is 2.44 bits per heavy atom. The maximum absolute atomic E-state index is 13.7. The van der Waals surface area contributed by atoms with E-state index in [1.807, 2.05) is 36.4 Å². The second-order valence-electron chi connectivity index (χ2n) is 6.01. The summed E-state index contributed by atoms with van der Waals surface area (Å²) in [5.74, 6) is 0.207. The smallest absolute Gasteiger partial charge is 0.234 e. The molecule has 138 valence electrons. The molecule has 0 aliphatic carbocycles. The van der Waals surface area contributed by atoms with E-state index in [0.717, 1.165) is 17.7 Å². The third-order valence-electron chi connectivity index (χ3n) is 3.90. The number of pyridine rings is 1. The molecule has 27 heavy (non-hydrogen) atoms. The molecule has 2 aromatic carbocycles. The standard InChI is InChI=1S/C21H18ClFN2OS/c22-18-4-3-17(20(23)12-18)13-27-14-21(26)25-19-5-1-15(2-6-19)11-16-7-9-24-10-8-16/h1-10,12H,11,13-14H2,(H,25,26). The first-order valence-corrected chi connectivity index (χ1v) is 9.93.